The fourth-order valence-corrected chi connectivity index (χ4v) is 2.99. The number of nitrogens with zero attached hydrogens (tertiary/aromatic N) is 3. The number of hydrogen-bond donors (Lipinski definition) is 1. The Labute approximate surface area is 150 Å². The molecule has 1 saturated heterocycles. The van der Waals surface area contributed by atoms with Crippen LogP contribution in [0, 0.1) is 11.6 Å². The van der Waals surface area contributed by atoms with Crippen LogP contribution >= 0.6 is 12.4 Å². The van der Waals surface area contributed by atoms with Crippen molar-refractivity contribution in [3.05, 3.63) is 54.1 Å². The van der Waals surface area contributed by atoms with Gasteiger partial charge in [0.2, 0.25) is 5.95 Å². The SMILES string of the molecule is Cl.Fc1cccc(F)c1-c1nc(N2CCNCC2)nc2ccccc12. The van der Waals surface area contributed by atoms with Gasteiger partial charge < -0.3 is 10.2 Å². The molecule has 0 amide bonds. The van der Waals surface area contributed by atoms with E-state index in [4.69, 9.17) is 0 Å². The average molecular weight is 363 g/mol. The van der Waals surface area contributed by atoms with E-state index in [2.05, 4.69) is 15.3 Å². The quantitative estimate of drug-likeness (QED) is 0.758. The molecule has 25 heavy (non-hydrogen) atoms. The van der Waals surface area contributed by atoms with Crippen LogP contribution in [0.1, 0.15) is 0 Å². The second-order valence-corrected chi connectivity index (χ2v) is 5.72. The van der Waals surface area contributed by atoms with Crippen LogP contribution in [0.2, 0.25) is 0 Å². The molecule has 0 spiro atoms. The molecule has 4 nitrogen and oxygen atoms in total. The second kappa shape index (κ2) is 7.29. The minimum absolute atomic E-state index is 0. The van der Waals surface area contributed by atoms with Crippen molar-refractivity contribution < 1.29 is 8.78 Å². The third kappa shape index (κ3) is 3.27. The van der Waals surface area contributed by atoms with Crippen molar-refractivity contribution in [1.29, 1.82) is 0 Å². The topological polar surface area (TPSA) is 41.1 Å². The standard InChI is InChI=1S/C18H16F2N4.ClH/c19-13-5-3-6-14(20)16(13)17-12-4-1-2-7-15(12)22-18(23-17)24-10-8-21-9-11-24;/h1-7,21H,8-11H2;1H. The number of hydrogen-bond acceptors (Lipinski definition) is 4. The van der Waals surface area contributed by atoms with Crippen LogP contribution in [0.4, 0.5) is 14.7 Å². The molecule has 1 N–H and O–H groups in total. The van der Waals surface area contributed by atoms with Crippen LogP contribution in [-0.4, -0.2) is 36.1 Å². The van der Waals surface area contributed by atoms with Gasteiger partial charge >= 0.3 is 0 Å². The van der Waals surface area contributed by atoms with Crippen molar-refractivity contribution in [2.24, 2.45) is 0 Å². The van der Waals surface area contributed by atoms with Gasteiger partial charge in [0.15, 0.2) is 0 Å². The average Bonchev–Trinajstić information content (AvgIpc) is 2.62. The van der Waals surface area contributed by atoms with Gasteiger partial charge in [0.05, 0.1) is 16.8 Å². The second-order valence-electron chi connectivity index (χ2n) is 5.72. The highest BCUT2D eigenvalue weighted by Crippen LogP contribution is 2.31. The molecule has 4 rings (SSSR count). The summed E-state index contributed by atoms with van der Waals surface area (Å²) in [5.74, 6) is -0.733. The summed E-state index contributed by atoms with van der Waals surface area (Å²) in [6.07, 6.45) is 0. The zero-order valence-corrected chi connectivity index (χ0v) is 14.2. The van der Waals surface area contributed by atoms with E-state index in [1.165, 1.54) is 18.2 Å². The van der Waals surface area contributed by atoms with Gasteiger partial charge in [-0.3, -0.25) is 0 Å². The summed E-state index contributed by atoms with van der Waals surface area (Å²) < 4.78 is 28.6. The lowest BCUT2D eigenvalue weighted by Gasteiger charge is -2.28. The van der Waals surface area contributed by atoms with E-state index in [-0.39, 0.29) is 18.0 Å². The maximum Gasteiger partial charge on any atom is 0.226 e. The number of rotatable bonds is 2. The number of nitrogens with one attached hydrogen (secondary N) is 1. The number of anilines is 1. The van der Waals surface area contributed by atoms with E-state index >= 15 is 0 Å². The highest BCUT2D eigenvalue weighted by atomic mass is 35.5. The van der Waals surface area contributed by atoms with Gasteiger partial charge in [-0.15, -0.1) is 12.4 Å². The third-order valence-corrected chi connectivity index (χ3v) is 4.19. The summed E-state index contributed by atoms with van der Waals surface area (Å²) in [4.78, 5) is 11.1. The molecular weight excluding hydrogens is 346 g/mol. The van der Waals surface area contributed by atoms with Crippen molar-refractivity contribution in [2.45, 2.75) is 0 Å². The molecule has 1 aliphatic heterocycles. The van der Waals surface area contributed by atoms with Crippen molar-refractivity contribution >= 4 is 29.3 Å². The first-order valence-electron chi connectivity index (χ1n) is 7.91. The van der Waals surface area contributed by atoms with Gasteiger partial charge in [0.1, 0.15) is 11.6 Å². The van der Waals surface area contributed by atoms with E-state index in [0.717, 1.165) is 26.2 Å². The van der Waals surface area contributed by atoms with Gasteiger partial charge in [-0.1, -0.05) is 24.3 Å². The summed E-state index contributed by atoms with van der Waals surface area (Å²) in [7, 11) is 0. The minimum atomic E-state index is -0.620. The lowest BCUT2D eigenvalue weighted by Crippen LogP contribution is -2.44. The van der Waals surface area contributed by atoms with Gasteiger partial charge in [-0.25, -0.2) is 18.7 Å². The molecule has 0 bridgehead atoms. The van der Waals surface area contributed by atoms with Crippen molar-refractivity contribution in [3.8, 4) is 11.3 Å². The smallest absolute Gasteiger partial charge is 0.226 e. The first-order chi connectivity index (χ1) is 11.7. The molecule has 0 aliphatic carbocycles. The van der Waals surface area contributed by atoms with Crippen molar-refractivity contribution in [1.82, 2.24) is 15.3 Å². The number of aromatic nitrogens is 2. The Kier molecular flexibility index (Phi) is 5.11. The Balaban J connectivity index is 0.00000182. The Morgan fingerprint density at radius 2 is 1.56 bits per heavy atom. The molecule has 0 atom stereocenters. The Morgan fingerprint density at radius 3 is 2.28 bits per heavy atom. The first-order valence-corrected chi connectivity index (χ1v) is 7.91. The number of piperazine rings is 1. The van der Waals surface area contributed by atoms with E-state index in [1.54, 1.807) is 6.07 Å². The fourth-order valence-electron chi connectivity index (χ4n) is 2.99. The number of para-hydroxylation sites is 1. The fraction of sp³-hybridized carbons (Fsp3) is 0.222. The van der Waals surface area contributed by atoms with Gasteiger partial charge in [0, 0.05) is 31.6 Å². The molecule has 130 valence electrons. The van der Waals surface area contributed by atoms with Crippen LogP contribution in [-0.2, 0) is 0 Å². The summed E-state index contributed by atoms with van der Waals surface area (Å²) in [6.45, 7) is 3.19. The number of fused-ring (bicyclic) bond motifs is 1. The molecule has 0 unspecified atom stereocenters. The minimum Gasteiger partial charge on any atom is -0.338 e. The zero-order chi connectivity index (χ0) is 16.5. The molecule has 3 aromatic rings. The molecule has 2 aromatic carbocycles. The lowest BCUT2D eigenvalue weighted by atomic mass is 10.1. The van der Waals surface area contributed by atoms with Crippen LogP contribution in [0.5, 0.6) is 0 Å². The Hall–Kier alpha value is -2.31. The molecule has 1 aromatic heterocycles. The Bertz CT molecular complexity index is 877. The molecule has 1 fully saturated rings. The van der Waals surface area contributed by atoms with E-state index in [1.807, 2.05) is 23.1 Å². The molecule has 2 heterocycles. The van der Waals surface area contributed by atoms with Gasteiger partial charge in [-0.05, 0) is 18.2 Å². The summed E-state index contributed by atoms with van der Waals surface area (Å²) >= 11 is 0. The molecule has 7 heteroatoms. The van der Waals surface area contributed by atoms with Gasteiger partial charge in [-0.2, -0.15) is 0 Å². The van der Waals surface area contributed by atoms with Gasteiger partial charge in [0.25, 0.3) is 0 Å². The predicted octanol–water partition coefficient (Wildman–Crippen LogP) is 3.41. The van der Waals surface area contributed by atoms with E-state index < -0.39 is 11.6 Å². The highest BCUT2D eigenvalue weighted by molar-refractivity contribution is 5.93. The van der Waals surface area contributed by atoms with Crippen LogP contribution in [0.25, 0.3) is 22.2 Å². The van der Waals surface area contributed by atoms with E-state index in [9.17, 15) is 8.78 Å². The lowest BCUT2D eigenvalue weighted by molar-refractivity contribution is 0.579. The van der Waals surface area contributed by atoms with E-state index in [0.29, 0.717) is 22.5 Å². The molecule has 1 aliphatic rings. The first kappa shape index (κ1) is 17.5. The largest absolute Gasteiger partial charge is 0.338 e. The van der Waals surface area contributed by atoms with Crippen LogP contribution in [0.3, 0.4) is 0 Å². The maximum absolute atomic E-state index is 14.3. The molecular formula is C18H17ClF2N4. The summed E-state index contributed by atoms with van der Waals surface area (Å²) in [5.41, 5.74) is 0.871. The Morgan fingerprint density at radius 1 is 0.880 bits per heavy atom. The highest BCUT2D eigenvalue weighted by Gasteiger charge is 2.20. The van der Waals surface area contributed by atoms with Crippen molar-refractivity contribution in [3.63, 3.8) is 0 Å². The maximum atomic E-state index is 14.3. The number of halogens is 3. The zero-order valence-electron chi connectivity index (χ0n) is 13.4. The molecule has 0 radical (unpaired) electrons. The molecule has 0 saturated carbocycles. The van der Waals surface area contributed by atoms with Crippen LogP contribution < -0.4 is 10.2 Å². The number of benzene rings is 2. The predicted molar refractivity (Wildman–Crippen MR) is 97.2 cm³/mol. The summed E-state index contributed by atoms with van der Waals surface area (Å²) in [6, 6.07) is 11.2. The third-order valence-electron chi connectivity index (χ3n) is 4.19. The normalized spacial score (nSPS) is 14.4. The monoisotopic (exact) mass is 362 g/mol. The summed E-state index contributed by atoms with van der Waals surface area (Å²) in [5, 5.41) is 3.91. The van der Waals surface area contributed by atoms with Crippen LogP contribution in [0.15, 0.2) is 42.5 Å². The van der Waals surface area contributed by atoms with Crippen molar-refractivity contribution in [2.75, 3.05) is 31.1 Å².